The summed E-state index contributed by atoms with van der Waals surface area (Å²) in [6, 6.07) is 10.3. The van der Waals surface area contributed by atoms with Gasteiger partial charge in [0.05, 0.1) is 11.6 Å². The van der Waals surface area contributed by atoms with E-state index >= 15 is 0 Å². The second kappa shape index (κ2) is 5.20. The number of fused-ring (bicyclic) bond motifs is 2. The summed E-state index contributed by atoms with van der Waals surface area (Å²) < 4.78 is 6.14. The van der Waals surface area contributed by atoms with Gasteiger partial charge in [0.1, 0.15) is 5.60 Å². The van der Waals surface area contributed by atoms with Crippen LogP contribution in [0.15, 0.2) is 24.3 Å². The number of hydrogen-bond acceptors (Lipinski definition) is 3. The molecule has 3 nitrogen and oxygen atoms in total. The van der Waals surface area contributed by atoms with Gasteiger partial charge in [-0.05, 0) is 37.6 Å². The highest BCUT2D eigenvalue weighted by Crippen LogP contribution is 2.51. The fourth-order valence-corrected chi connectivity index (χ4v) is 4.41. The Morgan fingerprint density at radius 2 is 2.00 bits per heavy atom. The van der Waals surface area contributed by atoms with Gasteiger partial charge in [-0.15, -0.1) is 0 Å². The van der Waals surface area contributed by atoms with Crippen LogP contribution in [0.25, 0.3) is 0 Å². The molecule has 3 rings (SSSR count). The van der Waals surface area contributed by atoms with E-state index in [0.717, 1.165) is 18.7 Å². The van der Waals surface area contributed by atoms with E-state index in [1.165, 1.54) is 24.8 Å². The first-order valence-electron chi connectivity index (χ1n) is 7.45. The summed E-state index contributed by atoms with van der Waals surface area (Å²) in [5.74, 6) is 1.05. The van der Waals surface area contributed by atoms with Crippen LogP contribution in [0, 0.1) is 23.2 Å². The third-order valence-electron chi connectivity index (χ3n) is 5.16. The second-order valence-corrected chi connectivity index (χ2v) is 6.24. The molecule has 0 N–H and O–H groups in total. The van der Waals surface area contributed by atoms with E-state index in [2.05, 4.69) is 24.1 Å². The summed E-state index contributed by atoms with van der Waals surface area (Å²) >= 11 is 0. The van der Waals surface area contributed by atoms with E-state index in [0.29, 0.717) is 11.8 Å². The van der Waals surface area contributed by atoms with Crippen LogP contribution >= 0.6 is 0 Å². The Balaban J connectivity index is 2.08. The molecule has 2 unspecified atom stereocenters. The van der Waals surface area contributed by atoms with Gasteiger partial charge >= 0.3 is 0 Å². The molecule has 1 saturated carbocycles. The molecule has 0 amide bonds. The summed E-state index contributed by atoms with van der Waals surface area (Å²) in [6.07, 6.45) is 3.73. The van der Waals surface area contributed by atoms with Crippen LogP contribution in [0.1, 0.15) is 30.4 Å². The van der Waals surface area contributed by atoms with Crippen LogP contribution in [0.5, 0.6) is 0 Å². The van der Waals surface area contributed by atoms with Gasteiger partial charge in [0.25, 0.3) is 0 Å². The first-order valence-corrected chi connectivity index (χ1v) is 7.45. The van der Waals surface area contributed by atoms with E-state index in [4.69, 9.17) is 10.00 Å². The molecule has 3 heteroatoms. The molecule has 1 aliphatic heterocycles. The summed E-state index contributed by atoms with van der Waals surface area (Å²) in [6.45, 7) is 2.17. The molecule has 106 valence electrons. The topological polar surface area (TPSA) is 36.3 Å². The standard InChI is InChI=1S/C17H22N2O/c1-19-11-15-7-4-8-16(12-19)17(15,20-2)14-6-3-5-13(9-14)10-18/h3,5-6,9,15-16H,4,7-8,11-12H2,1-2H3. The zero-order valence-electron chi connectivity index (χ0n) is 12.3. The highest BCUT2D eigenvalue weighted by molar-refractivity contribution is 5.37. The molecular weight excluding hydrogens is 248 g/mol. The SMILES string of the molecule is COC1(c2cccc(C#N)c2)C2CCCC1CN(C)C2. The van der Waals surface area contributed by atoms with Crippen molar-refractivity contribution in [3.8, 4) is 6.07 Å². The van der Waals surface area contributed by atoms with Crippen molar-refractivity contribution in [2.75, 3.05) is 27.2 Å². The molecule has 2 bridgehead atoms. The molecule has 2 atom stereocenters. The lowest BCUT2D eigenvalue weighted by Crippen LogP contribution is -2.58. The predicted octanol–water partition coefficient (Wildman–Crippen LogP) is 2.76. The van der Waals surface area contributed by atoms with Crippen molar-refractivity contribution in [2.45, 2.75) is 24.9 Å². The number of rotatable bonds is 2. The maximum Gasteiger partial charge on any atom is 0.101 e. The lowest BCUT2D eigenvalue weighted by molar-refractivity contribution is -0.165. The molecule has 1 aromatic carbocycles. The number of likely N-dealkylation sites (tertiary alicyclic amines) is 1. The number of piperidine rings is 1. The fourth-order valence-electron chi connectivity index (χ4n) is 4.41. The van der Waals surface area contributed by atoms with Gasteiger partial charge in [-0.1, -0.05) is 18.6 Å². The van der Waals surface area contributed by atoms with Crippen LogP contribution < -0.4 is 0 Å². The van der Waals surface area contributed by atoms with E-state index < -0.39 is 0 Å². The number of methoxy groups -OCH3 is 1. The van der Waals surface area contributed by atoms with E-state index in [1.54, 1.807) is 0 Å². The van der Waals surface area contributed by atoms with Crippen molar-refractivity contribution < 1.29 is 4.74 Å². The quantitative estimate of drug-likeness (QED) is 0.829. The number of hydrogen-bond donors (Lipinski definition) is 0. The number of ether oxygens (including phenoxy) is 1. The zero-order valence-corrected chi connectivity index (χ0v) is 12.3. The van der Waals surface area contributed by atoms with Gasteiger partial charge in [-0.3, -0.25) is 0 Å². The molecule has 0 aromatic heterocycles. The normalized spacial score (nSPS) is 33.6. The van der Waals surface area contributed by atoms with Crippen molar-refractivity contribution >= 4 is 0 Å². The average Bonchev–Trinajstić information content (AvgIpc) is 2.46. The van der Waals surface area contributed by atoms with Gasteiger partial charge in [0, 0.05) is 32.0 Å². The van der Waals surface area contributed by atoms with Gasteiger partial charge in [0.2, 0.25) is 0 Å². The van der Waals surface area contributed by atoms with Gasteiger partial charge in [-0.25, -0.2) is 0 Å². The lowest BCUT2D eigenvalue weighted by Gasteiger charge is -2.54. The predicted molar refractivity (Wildman–Crippen MR) is 78.2 cm³/mol. The maximum absolute atomic E-state index is 9.16. The monoisotopic (exact) mass is 270 g/mol. The molecule has 1 aliphatic carbocycles. The van der Waals surface area contributed by atoms with E-state index in [1.807, 2.05) is 25.3 Å². The van der Waals surface area contributed by atoms with Crippen molar-refractivity contribution in [1.29, 1.82) is 5.26 Å². The molecule has 2 fully saturated rings. The minimum atomic E-state index is -0.197. The molecular formula is C17H22N2O. The zero-order chi connectivity index (χ0) is 14.2. The highest BCUT2D eigenvalue weighted by atomic mass is 16.5. The van der Waals surface area contributed by atoms with Crippen molar-refractivity contribution in [2.24, 2.45) is 11.8 Å². The molecule has 2 aliphatic rings. The van der Waals surface area contributed by atoms with Gasteiger partial charge in [0.15, 0.2) is 0 Å². The van der Waals surface area contributed by atoms with Gasteiger partial charge < -0.3 is 9.64 Å². The minimum Gasteiger partial charge on any atom is -0.373 e. The summed E-state index contributed by atoms with van der Waals surface area (Å²) in [5.41, 5.74) is 1.73. The first kappa shape index (κ1) is 13.6. The Morgan fingerprint density at radius 3 is 2.60 bits per heavy atom. The minimum absolute atomic E-state index is 0.197. The third kappa shape index (κ3) is 1.95. The van der Waals surface area contributed by atoms with E-state index in [9.17, 15) is 0 Å². The Morgan fingerprint density at radius 1 is 1.30 bits per heavy atom. The third-order valence-corrected chi connectivity index (χ3v) is 5.16. The Labute approximate surface area is 121 Å². The maximum atomic E-state index is 9.16. The van der Waals surface area contributed by atoms with Crippen LogP contribution in [0.3, 0.4) is 0 Å². The van der Waals surface area contributed by atoms with Crippen LogP contribution in [-0.2, 0) is 10.3 Å². The van der Waals surface area contributed by atoms with Crippen molar-refractivity contribution in [3.05, 3.63) is 35.4 Å². The molecule has 0 spiro atoms. The molecule has 20 heavy (non-hydrogen) atoms. The summed E-state index contributed by atoms with van der Waals surface area (Å²) in [4.78, 5) is 2.43. The Bertz CT molecular complexity index is 520. The molecule has 1 aromatic rings. The number of benzene rings is 1. The number of nitrogens with zero attached hydrogens (tertiary/aromatic N) is 2. The summed E-state index contributed by atoms with van der Waals surface area (Å²) in [5, 5.41) is 9.16. The average molecular weight is 270 g/mol. The van der Waals surface area contributed by atoms with Gasteiger partial charge in [-0.2, -0.15) is 5.26 Å². The highest BCUT2D eigenvalue weighted by Gasteiger charge is 2.52. The van der Waals surface area contributed by atoms with Crippen LogP contribution in [0.4, 0.5) is 0 Å². The van der Waals surface area contributed by atoms with Crippen LogP contribution in [0.2, 0.25) is 0 Å². The Kier molecular flexibility index (Phi) is 3.54. The van der Waals surface area contributed by atoms with E-state index in [-0.39, 0.29) is 5.60 Å². The smallest absolute Gasteiger partial charge is 0.101 e. The number of nitriles is 1. The largest absolute Gasteiger partial charge is 0.373 e. The Hall–Kier alpha value is -1.37. The fraction of sp³-hybridized carbons (Fsp3) is 0.588. The molecule has 1 saturated heterocycles. The molecule has 1 heterocycles. The molecule has 0 radical (unpaired) electrons. The van der Waals surface area contributed by atoms with Crippen molar-refractivity contribution in [1.82, 2.24) is 4.90 Å². The first-order chi connectivity index (χ1) is 9.70. The second-order valence-electron chi connectivity index (χ2n) is 6.24. The van der Waals surface area contributed by atoms with Crippen LogP contribution in [-0.4, -0.2) is 32.1 Å². The van der Waals surface area contributed by atoms with Crippen molar-refractivity contribution in [3.63, 3.8) is 0 Å². The summed E-state index contributed by atoms with van der Waals surface area (Å²) in [7, 11) is 4.05. The lowest BCUT2D eigenvalue weighted by atomic mass is 9.62.